The smallest absolute Gasteiger partial charge is 0.172 e. The zero-order valence-electron chi connectivity index (χ0n) is 11.9. The molecule has 2 nitrogen and oxygen atoms in total. The van der Waals surface area contributed by atoms with Crippen molar-refractivity contribution in [3.05, 3.63) is 60.4 Å². The predicted octanol–water partition coefficient (Wildman–Crippen LogP) is 4.66. The Morgan fingerprint density at radius 2 is 1.48 bits per heavy atom. The number of hydrogen-bond acceptors (Lipinski definition) is 2. The van der Waals surface area contributed by atoms with E-state index in [9.17, 15) is 4.39 Å². The minimum absolute atomic E-state index is 0.264. The lowest BCUT2D eigenvalue weighted by Gasteiger charge is -2.08. The number of methoxy groups -OCH3 is 2. The molecule has 3 aromatic rings. The fourth-order valence-corrected chi connectivity index (χ4v) is 2.39. The highest BCUT2D eigenvalue weighted by Crippen LogP contribution is 2.30. The number of benzene rings is 3. The topological polar surface area (TPSA) is 18.5 Å². The van der Waals surface area contributed by atoms with Crippen molar-refractivity contribution in [3.8, 4) is 22.6 Å². The maximum atomic E-state index is 14.2. The number of halogens is 1. The lowest BCUT2D eigenvalue weighted by atomic mass is 10.0. The van der Waals surface area contributed by atoms with Crippen LogP contribution in [0.3, 0.4) is 0 Å². The molecule has 0 aliphatic heterocycles. The van der Waals surface area contributed by atoms with Crippen molar-refractivity contribution in [1.82, 2.24) is 0 Å². The van der Waals surface area contributed by atoms with Crippen LogP contribution in [0.4, 0.5) is 4.39 Å². The van der Waals surface area contributed by atoms with Gasteiger partial charge in [-0.2, -0.15) is 0 Å². The Bertz CT molecular complexity index is 779. The van der Waals surface area contributed by atoms with Gasteiger partial charge in [0.1, 0.15) is 5.75 Å². The van der Waals surface area contributed by atoms with Crippen LogP contribution >= 0.6 is 0 Å². The minimum atomic E-state index is -0.323. The SMILES string of the molecule is COc1ccc(-c2ccc3c(F)c(OC)ccc3c2)cc1. The van der Waals surface area contributed by atoms with Gasteiger partial charge < -0.3 is 9.47 Å². The number of rotatable bonds is 3. The van der Waals surface area contributed by atoms with Crippen molar-refractivity contribution in [2.45, 2.75) is 0 Å². The van der Waals surface area contributed by atoms with Gasteiger partial charge in [0.15, 0.2) is 11.6 Å². The fourth-order valence-electron chi connectivity index (χ4n) is 2.39. The van der Waals surface area contributed by atoms with E-state index in [2.05, 4.69) is 0 Å². The molecule has 3 rings (SSSR count). The highest BCUT2D eigenvalue weighted by molar-refractivity contribution is 5.89. The van der Waals surface area contributed by atoms with Crippen molar-refractivity contribution in [2.75, 3.05) is 14.2 Å². The zero-order valence-corrected chi connectivity index (χ0v) is 11.9. The summed E-state index contributed by atoms with van der Waals surface area (Å²) in [7, 11) is 3.11. The average Bonchev–Trinajstić information content (AvgIpc) is 2.55. The van der Waals surface area contributed by atoms with Gasteiger partial charge in [-0.1, -0.05) is 30.3 Å². The van der Waals surface area contributed by atoms with Crippen molar-refractivity contribution in [1.29, 1.82) is 0 Å². The van der Waals surface area contributed by atoms with Crippen LogP contribution in [0.15, 0.2) is 54.6 Å². The minimum Gasteiger partial charge on any atom is -0.497 e. The number of hydrogen-bond donors (Lipinski definition) is 0. The van der Waals surface area contributed by atoms with Crippen molar-refractivity contribution >= 4 is 10.8 Å². The Labute approximate surface area is 122 Å². The standard InChI is InChI=1S/C18H15FO2/c1-20-15-7-3-12(4-8-15)13-5-9-16-14(11-13)6-10-17(21-2)18(16)19/h3-11H,1-2H3. The van der Waals surface area contributed by atoms with E-state index in [0.29, 0.717) is 5.39 Å². The van der Waals surface area contributed by atoms with Crippen LogP contribution in [-0.4, -0.2) is 14.2 Å². The molecule has 0 bridgehead atoms. The molecule has 0 atom stereocenters. The molecule has 0 aromatic heterocycles. The van der Waals surface area contributed by atoms with E-state index >= 15 is 0 Å². The van der Waals surface area contributed by atoms with E-state index < -0.39 is 0 Å². The Morgan fingerprint density at radius 1 is 0.762 bits per heavy atom. The summed E-state index contributed by atoms with van der Waals surface area (Å²) < 4.78 is 24.3. The summed E-state index contributed by atoms with van der Waals surface area (Å²) in [6, 6.07) is 17.0. The molecule has 0 aliphatic carbocycles. The van der Waals surface area contributed by atoms with E-state index in [1.165, 1.54) is 7.11 Å². The lowest BCUT2D eigenvalue weighted by molar-refractivity contribution is 0.389. The molecular weight excluding hydrogens is 267 g/mol. The quantitative estimate of drug-likeness (QED) is 0.695. The first kappa shape index (κ1) is 13.4. The fraction of sp³-hybridized carbons (Fsp3) is 0.111. The highest BCUT2D eigenvalue weighted by Gasteiger charge is 2.08. The van der Waals surface area contributed by atoms with E-state index in [1.807, 2.05) is 42.5 Å². The van der Waals surface area contributed by atoms with Crippen LogP contribution in [0.1, 0.15) is 0 Å². The summed E-state index contributed by atoms with van der Waals surface area (Å²) in [5.41, 5.74) is 2.10. The molecule has 0 radical (unpaired) electrons. The third-order valence-corrected chi connectivity index (χ3v) is 3.56. The van der Waals surface area contributed by atoms with Crippen LogP contribution < -0.4 is 9.47 Å². The first-order valence-corrected chi connectivity index (χ1v) is 6.63. The predicted molar refractivity (Wildman–Crippen MR) is 82.4 cm³/mol. The number of ether oxygens (including phenoxy) is 2. The molecule has 0 saturated heterocycles. The van der Waals surface area contributed by atoms with Crippen LogP contribution in [-0.2, 0) is 0 Å². The van der Waals surface area contributed by atoms with E-state index in [1.54, 1.807) is 19.2 Å². The van der Waals surface area contributed by atoms with E-state index in [4.69, 9.17) is 9.47 Å². The summed E-state index contributed by atoms with van der Waals surface area (Å²) in [5.74, 6) is 0.756. The maximum Gasteiger partial charge on any atom is 0.172 e. The Balaban J connectivity index is 2.08. The van der Waals surface area contributed by atoms with Gasteiger partial charge in [-0.05, 0) is 40.8 Å². The van der Waals surface area contributed by atoms with Gasteiger partial charge in [0, 0.05) is 5.39 Å². The van der Waals surface area contributed by atoms with Crippen LogP contribution in [0.2, 0.25) is 0 Å². The monoisotopic (exact) mass is 282 g/mol. The number of fused-ring (bicyclic) bond motifs is 1. The molecule has 3 aromatic carbocycles. The van der Waals surface area contributed by atoms with Gasteiger partial charge in [-0.15, -0.1) is 0 Å². The van der Waals surface area contributed by atoms with E-state index in [0.717, 1.165) is 22.3 Å². The molecule has 0 spiro atoms. The third-order valence-electron chi connectivity index (χ3n) is 3.56. The molecule has 21 heavy (non-hydrogen) atoms. The first-order valence-electron chi connectivity index (χ1n) is 6.63. The Hall–Kier alpha value is -2.55. The molecule has 0 N–H and O–H groups in total. The van der Waals surface area contributed by atoms with Gasteiger partial charge in [-0.25, -0.2) is 4.39 Å². The van der Waals surface area contributed by atoms with Gasteiger partial charge in [0.05, 0.1) is 14.2 Å². The highest BCUT2D eigenvalue weighted by atomic mass is 19.1. The lowest BCUT2D eigenvalue weighted by Crippen LogP contribution is -1.89. The molecule has 0 amide bonds. The molecule has 0 unspecified atom stereocenters. The third kappa shape index (κ3) is 2.42. The summed E-state index contributed by atoms with van der Waals surface area (Å²) in [4.78, 5) is 0. The van der Waals surface area contributed by atoms with Crippen molar-refractivity contribution < 1.29 is 13.9 Å². The second-order valence-electron chi connectivity index (χ2n) is 4.75. The van der Waals surface area contributed by atoms with Gasteiger partial charge in [0.2, 0.25) is 0 Å². The maximum absolute atomic E-state index is 14.2. The molecule has 0 saturated carbocycles. The van der Waals surface area contributed by atoms with Crippen molar-refractivity contribution in [3.63, 3.8) is 0 Å². The van der Waals surface area contributed by atoms with Gasteiger partial charge in [0.25, 0.3) is 0 Å². The summed E-state index contributed by atoms with van der Waals surface area (Å²) >= 11 is 0. The molecule has 0 fully saturated rings. The molecule has 0 heterocycles. The van der Waals surface area contributed by atoms with E-state index in [-0.39, 0.29) is 11.6 Å². The second kappa shape index (κ2) is 5.44. The second-order valence-corrected chi connectivity index (χ2v) is 4.75. The van der Waals surface area contributed by atoms with Crippen LogP contribution in [0.5, 0.6) is 11.5 Å². The Morgan fingerprint density at radius 3 is 2.14 bits per heavy atom. The van der Waals surface area contributed by atoms with Gasteiger partial charge >= 0.3 is 0 Å². The molecule has 106 valence electrons. The van der Waals surface area contributed by atoms with Crippen LogP contribution in [0.25, 0.3) is 21.9 Å². The molecular formula is C18H15FO2. The van der Waals surface area contributed by atoms with Crippen molar-refractivity contribution in [2.24, 2.45) is 0 Å². The average molecular weight is 282 g/mol. The Kier molecular flexibility index (Phi) is 3.48. The first-order chi connectivity index (χ1) is 10.2. The largest absolute Gasteiger partial charge is 0.497 e. The van der Waals surface area contributed by atoms with Crippen LogP contribution in [0, 0.1) is 5.82 Å². The zero-order chi connectivity index (χ0) is 14.8. The summed E-state index contributed by atoms with van der Waals surface area (Å²) in [5, 5.41) is 1.41. The molecule has 0 aliphatic rings. The summed E-state index contributed by atoms with van der Waals surface area (Å²) in [6.07, 6.45) is 0. The molecule has 3 heteroatoms. The van der Waals surface area contributed by atoms with Gasteiger partial charge in [-0.3, -0.25) is 0 Å². The summed E-state index contributed by atoms with van der Waals surface area (Å²) in [6.45, 7) is 0. The normalized spacial score (nSPS) is 10.6.